The minimum atomic E-state index is -2.02. The first-order valence-corrected chi connectivity index (χ1v) is 10.2. The number of hydrogen-bond donors (Lipinski definition) is 0. The number of nitrogens with zero attached hydrogens (tertiary/aromatic N) is 1. The summed E-state index contributed by atoms with van der Waals surface area (Å²) in [6, 6.07) is 38.6. The van der Waals surface area contributed by atoms with Crippen molar-refractivity contribution in [2.45, 2.75) is 0 Å². The summed E-state index contributed by atoms with van der Waals surface area (Å²) in [6.07, 6.45) is 1.90. The molecule has 0 saturated heterocycles. The summed E-state index contributed by atoms with van der Waals surface area (Å²) in [5, 5.41) is 3.98. The molecule has 1 nitrogen and oxygen atoms in total. The molecule has 0 amide bonds. The van der Waals surface area contributed by atoms with Gasteiger partial charge in [-0.2, -0.15) is 0 Å². The van der Waals surface area contributed by atoms with Crippen LogP contribution in [0.5, 0.6) is 0 Å². The van der Waals surface area contributed by atoms with Crippen LogP contribution in [0.15, 0.2) is 115 Å². The van der Waals surface area contributed by atoms with Crippen molar-refractivity contribution in [3.8, 4) is 0 Å². The summed E-state index contributed by atoms with van der Waals surface area (Å²) in [5.41, 5.74) is 1.14. The van der Waals surface area contributed by atoms with Gasteiger partial charge in [-0.05, 0) is 42.5 Å². The summed E-state index contributed by atoms with van der Waals surface area (Å²) >= 11 is 0. The van der Waals surface area contributed by atoms with Crippen molar-refractivity contribution in [2.75, 3.05) is 0 Å². The first-order chi connectivity index (χ1) is 12.4. The zero-order chi connectivity index (χ0) is 17.0. The predicted octanol–water partition coefficient (Wildman–Crippen LogP) is 0.705. The second-order valence-electron chi connectivity index (χ2n) is 5.87. The standard InChI is InChI=1S/C23H19NP.ClH/c1-4-12-20(13-5-1)25(21-14-6-2-7-15-21,22-16-8-3-9-17-22)23-18-10-11-19-24-23;/h1-19H;1H/q+1;/p-1. The van der Waals surface area contributed by atoms with E-state index in [0.29, 0.717) is 0 Å². The molecular formula is C23H19ClNP. The summed E-state index contributed by atoms with van der Waals surface area (Å²) in [5.74, 6) is 0. The number of benzene rings is 3. The maximum Gasteiger partial charge on any atom is 0.198 e. The molecule has 0 aliphatic carbocycles. The third kappa shape index (κ3) is 3.17. The number of halogens is 1. The third-order valence-electron chi connectivity index (χ3n) is 4.42. The number of hydrogen-bond acceptors (Lipinski definition) is 1. The third-order valence-corrected chi connectivity index (χ3v) is 8.59. The normalized spacial score (nSPS) is 10.8. The Morgan fingerprint density at radius 1 is 0.462 bits per heavy atom. The molecule has 0 saturated carbocycles. The zero-order valence-corrected chi connectivity index (χ0v) is 15.9. The lowest BCUT2D eigenvalue weighted by Crippen LogP contribution is -3.00. The van der Waals surface area contributed by atoms with Gasteiger partial charge in [0.2, 0.25) is 0 Å². The van der Waals surface area contributed by atoms with E-state index >= 15 is 0 Å². The van der Waals surface area contributed by atoms with Crippen LogP contribution in [0.4, 0.5) is 0 Å². The molecule has 1 aromatic heterocycles. The molecule has 1 heterocycles. The molecule has 26 heavy (non-hydrogen) atoms. The smallest absolute Gasteiger partial charge is 0.198 e. The fourth-order valence-corrected chi connectivity index (χ4v) is 7.45. The Morgan fingerprint density at radius 2 is 0.846 bits per heavy atom. The maximum absolute atomic E-state index is 4.83. The molecule has 4 aromatic rings. The number of aromatic nitrogens is 1. The van der Waals surface area contributed by atoms with Crippen LogP contribution in [0.25, 0.3) is 0 Å². The van der Waals surface area contributed by atoms with Gasteiger partial charge in [-0.3, -0.25) is 0 Å². The van der Waals surface area contributed by atoms with Gasteiger partial charge in [-0.15, -0.1) is 0 Å². The number of pyridine rings is 1. The molecule has 0 N–H and O–H groups in total. The highest BCUT2D eigenvalue weighted by atomic mass is 35.5. The molecule has 0 spiro atoms. The van der Waals surface area contributed by atoms with Crippen LogP contribution < -0.4 is 33.8 Å². The maximum atomic E-state index is 4.83. The van der Waals surface area contributed by atoms with Crippen molar-refractivity contribution in [2.24, 2.45) is 0 Å². The zero-order valence-electron chi connectivity index (χ0n) is 14.2. The first kappa shape index (κ1) is 18.3. The summed E-state index contributed by atoms with van der Waals surface area (Å²) in [6.45, 7) is 0. The minimum absolute atomic E-state index is 0. The van der Waals surface area contributed by atoms with Crippen molar-refractivity contribution in [3.63, 3.8) is 0 Å². The Balaban J connectivity index is 0.00000196. The van der Waals surface area contributed by atoms with Gasteiger partial charge in [0.25, 0.3) is 0 Å². The summed E-state index contributed by atoms with van der Waals surface area (Å²) < 4.78 is 0. The highest BCUT2D eigenvalue weighted by Crippen LogP contribution is 2.53. The van der Waals surface area contributed by atoms with Crippen molar-refractivity contribution >= 4 is 28.6 Å². The molecule has 0 bridgehead atoms. The molecule has 128 valence electrons. The summed E-state index contributed by atoms with van der Waals surface area (Å²) in [4.78, 5) is 4.83. The topological polar surface area (TPSA) is 12.9 Å². The van der Waals surface area contributed by atoms with Crippen LogP contribution in [0.3, 0.4) is 0 Å². The molecule has 0 aliphatic rings. The van der Waals surface area contributed by atoms with E-state index in [-0.39, 0.29) is 12.4 Å². The minimum Gasteiger partial charge on any atom is -1.00 e. The van der Waals surface area contributed by atoms with Gasteiger partial charge in [0, 0.05) is 12.3 Å². The van der Waals surface area contributed by atoms with Gasteiger partial charge in [-0.1, -0.05) is 60.7 Å². The van der Waals surface area contributed by atoms with E-state index in [1.54, 1.807) is 0 Å². The number of rotatable bonds is 4. The Hall–Kier alpha value is -2.47. The highest BCUT2D eigenvalue weighted by Gasteiger charge is 2.48. The van der Waals surface area contributed by atoms with Gasteiger partial charge in [0.15, 0.2) is 12.7 Å². The largest absolute Gasteiger partial charge is 1.00 e. The monoisotopic (exact) mass is 375 g/mol. The quantitative estimate of drug-likeness (QED) is 0.479. The predicted molar refractivity (Wildman–Crippen MR) is 109 cm³/mol. The van der Waals surface area contributed by atoms with Crippen molar-refractivity contribution in [3.05, 3.63) is 115 Å². The fraction of sp³-hybridized carbons (Fsp3) is 0. The molecular weight excluding hydrogens is 357 g/mol. The van der Waals surface area contributed by atoms with Crippen LogP contribution in [0.2, 0.25) is 0 Å². The first-order valence-electron chi connectivity index (χ1n) is 8.40. The van der Waals surface area contributed by atoms with Crippen molar-refractivity contribution < 1.29 is 12.4 Å². The average molecular weight is 376 g/mol. The molecule has 0 atom stereocenters. The Bertz CT molecular complexity index is 765. The molecule has 0 fully saturated rings. The Kier molecular flexibility index (Phi) is 5.83. The van der Waals surface area contributed by atoms with Crippen LogP contribution in [0.1, 0.15) is 0 Å². The van der Waals surface area contributed by atoms with E-state index in [1.807, 2.05) is 12.3 Å². The Labute approximate surface area is 161 Å². The van der Waals surface area contributed by atoms with Crippen LogP contribution in [-0.2, 0) is 0 Å². The van der Waals surface area contributed by atoms with Crippen LogP contribution in [-0.4, -0.2) is 4.98 Å². The molecule has 0 radical (unpaired) electrons. The van der Waals surface area contributed by atoms with E-state index < -0.39 is 7.26 Å². The lowest BCUT2D eigenvalue weighted by molar-refractivity contribution is -0.00000481. The second-order valence-corrected chi connectivity index (χ2v) is 9.21. The Morgan fingerprint density at radius 3 is 1.19 bits per heavy atom. The van der Waals surface area contributed by atoms with Crippen LogP contribution in [0, 0.1) is 0 Å². The van der Waals surface area contributed by atoms with E-state index in [1.165, 1.54) is 15.9 Å². The van der Waals surface area contributed by atoms with E-state index in [4.69, 9.17) is 4.98 Å². The molecule has 3 aromatic carbocycles. The van der Waals surface area contributed by atoms with Crippen molar-refractivity contribution in [1.29, 1.82) is 0 Å². The van der Waals surface area contributed by atoms with Crippen molar-refractivity contribution in [1.82, 2.24) is 4.98 Å². The molecule has 4 rings (SSSR count). The van der Waals surface area contributed by atoms with E-state index in [2.05, 4.69) is 103 Å². The van der Waals surface area contributed by atoms with E-state index in [9.17, 15) is 0 Å². The highest BCUT2D eigenvalue weighted by molar-refractivity contribution is 8.01. The molecule has 0 aliphatic heterocycles. The van der Waals surface area contributed by atoms with Gasteiger partial charge >= 0.3 is 0 Å². The van der Waals surface area contributed by atoms with Crippen LogP contribution >= 0.6 is 7.26 Å². The lowest BCUT2D eigenvalue weighted by atomic mass is 10.4. The average Bonchev–Trinajstić information content (AvgIpc) is 2.72. The van der Waals surface area contributed by atoms with Gasteiger partial charge in [-0.25, -0.2) is 4.98 Å². The van der Waals surface area contributed by atoms with E-state index in [0.717, 1.165) is 5.44 Å². The fourth-order valence-electron chi connectivity index (χ4n) is 3.35. The van der Waals surface area contributed by atoms with Gasteiger partial charge < -0.3 is 12.4 Å². The SMILES string of the molecule is [Cl-].c1ccc([P+](c2ccccc2)(c2ccccc2)c2ccccn2)cc1. The molecule has 0 unspecified atom stereocenters. The van der Waals surface area contributed by atoms with Gasteiger partial charge in [0.05, 0.1) is 0 Å². The lowest BCUT2D eigenvalue weighted by Gasteiger charge is -2.26. The summed E-state index contributed by atoms with van der Waals surface area (Å²) in [7, 11) is -2.02. The van der Waals surface area contributed by atoms with Gasteiger partial charge in [0.1, 0.15) is 15.9 Å². The second kappa shape index (κ2) is 8.27. The molecule has 3 heteroatoms.